The minimum atomic E-state index is -1.14. The van der Waals surface area contributed by atoms with Crippen LogP contribution < -0.4 is 18.9 Å². The van der Waals surface area contributed by atoms with Gasteiger partial charge in [0.15, 0.2) is 17.3 Å². The summed E-state index contributed by atoms with van der Waals surface area (Å²) in [5.74, 6) is 1.37. The van der Waals surface area contributed by atoms with E-state index in [1.807, 2.05) is 12.1 Å². The Labute approximate surface area is 248 Å². The van der Waals surface area contributed by atoms with Crippen LogP contribution in [0.2, 0.25) is 0 Å². The maximum Gasteiger partial charge on any atom is 0.342 e. The van der Waals surface area contributed by atoms with Crippen LogP contribution in [0.1, 0.15) is 16.7 Å². The first-order valence-electron chi connectivity index (χ1n) is 11.6. The van der Waals surface area contributed by atoms with E-state index in [0.29, 0.717) is 49.1 Å². The zero-order valence-electron chi connectivity index (χ0n) is 21.6. The van der Waals surface area contributed by atoms with Crippen molar-refractivity contribution in [1.29, 1.82) is 5.26 Å². The number of benzene rings is 3. The predicted octanol–water partition coefficient (Wildman–Crippen LogP) is 5.77. The minimum Gasteiger partial charge on any atom is -0.497 e. The smallest absolute Gasteiger partial charge is 0.342 e. The second-order valence-corrected chi connectivity index (χ2v) is 10.2. The van der Waals surface area contributed by atoms with Crippen LogP contribution in [0.25, 0.3) is 17.5 Å². The number of H-pyrrole nitrogens is 1. The van der Waals surface area contributed by atoms with Crippen molar-refractivity contribution in [2.24, 2.45) is 0 Å². The summed E-state index contributed by atoms with van der Waals surface area (Å²) in [6.45, 7) is 0.174. The molecule has 4 rings (SSSR count). The molecule has 0 saturated carbocycles. The van der Waals surface area contributed by atoms with Gasteiger partial charge < -0.3 is 24.1 Å². The number of carboxylic acids is 1. The summed E-state index contributed by atoms with van der Waals surface area (Å²) in [4.78, 5) is 16.5. The highest BCUT2D eigenvalue weighted by atomic mass is 127. The molecule has 0 aliphatic rings. The molecule has 0 bridgehead atoms. The summed E-state index contributed by atoms with van der Waals surface area (Å²) in [6.07, 6.45) is 1.51. The number of thioether (sulfide) groups is 1. The first-order chi connectivity index (χ1) is 19.3. The maximum atomic E-state index is 12.1. The summed E-state index contributed by atoms with van der Waals surface area (Å²) in [6, 6.07) is 18.1. The van der Waals surface area contributed by atoms with Crippen LogP contribution in [0.5, 0.6) is 23.0 Å². The molecule has 0 atom stereocenters. The van der Waals surface area contributed by atoms with Crippen molar-refractivity contribution in [2.75, 3.05) is 21.3 Å². The second-order valence-electron chi connectivity index (χ2n) is 8.08. The Morgan fingerprint density at radius 2 is 1.82 bits per heavy atom. The number of aromatic amines is 1. The van der Waals surface area contributed by atoms with Crippen molar-refractivity contribution in [1.82, 2.24) is 15.2 Å². The number of rotatable bonds is 11. The number of halogens is 1. The van der Waals surface area contributed by atoms with Crippen molar-refractivity contribution in [3.8, 4) is 40.5 Å². The molecule has 0 radical (unpaired) electrons. The van der Waals surface area contributed by atoms with Gasteiger partial charge in [-0.1, -0.05) is 18.2 Å². The van der Waals surface area contributed by atoms with E-state index in [-0.39, 0.29) is 16.7 Å². The number of aliphatic carboxylic acids is 1. The average molecular weight is 670 g/mol. The third-order valence-corrected chi connectivity index (χ3v) is 7.24. The number of nitrogens with one attached hydrogen (secondary N) is 1. The molecule has 2 N–H and O–H groups in total. The molecule has 0 aliphatic heterocycles. The van der Waals surface area contributed by atoms with Gasteiger partial charge in [-0.2, -0.15) is 5.26 Å². The van der Waals surface area contributed by atoms with Crippen molar-refractivity contribution >= 4 is 46.4 Å². The van der Waals surface area contributed by atoms with Crippen LogP contribution in [-0.2, 0) is 11.4 Å². The quantitative estimate of drug-likeness (QED) is 0.115. The van der Waals surface area contributed by atoms with Crippen LogP contribution in [0, 0.1) is 14.9 Å². The number of ether oxygens (including phenoxy) is 4. The number of aromatic nitrogens is 3. The molecule has 204 valence electrons. The van der Waals surface area contributed by atoms with E-state index in [0.717, 1.165) is 17.3 Å². The number of nitrogens with zero attached hydrogens (tertiary/aromatic N) is 3. The largest absolute Gasteiger partial charge is 0.497 e. The lowest BCUT2D eigenvalue weighted by molar-refractivity contribution is -0.131. The lowest BCUT2D eigenvalue weighted by atomic mass is 10.1. The molecule has 12 heteroatoms. The Hall–Kier alpha value is -4.22. The molecule has 3 aromatic carbocycles. The number of methoxy groups -OCH3 is 3. The van der Waals surface area contributed by atoms with E-state index in [4.69, 9.17) is 18.9 Å². The van der Waals surface area contributed by atoms with Gasteiger partial charge in [0.05, 0.1) is 36.5 Å². The number of nitriles is 1. The molecular formula is C28H23IN4O6S. The van der Waals surface area contributed by atoms with Crippen molar-refractivity contribution in [3.63, 3.8) is 0 Å². The van der Waals surface area contributed by atoms with Crippen LogP contribution in [0.4, 0.5) is 0 Å². The molecular weight excluding hydrogens is 647 g/mol. The normalized spacial score (nSPS) is 11.0. The lowest BCUT2D eigenvalue weighted by Crippen LogP contribution is -2.02. The van der Waals surface area contributed by atoms with Crippen LogP contribution in [0.3, 0.4) is 0 Å². The fourth-order valence-electron chi connectivity index (χ4n) is 3.62. The Bertz CT molecular complexity index is 1590. The van der Waals surface area contributed by atoms with Crippen LogP contribution in [-0.4, -0.2) is 47.6 Å². The van der Waals surface area contributed by atoms with Gasteiger partial charge in [-0.05, 0) is 76.3 Å². The van der Waals surface area contributed by atoms with E-state index in [1.165, 1.54) is 13.2 Å². The predicted molar refractivity (Wildman–Crippen MR) is 158 cm³/mol. The van der Waals surface area contributed by atoms with Gasteiger partial charge in [0.25, 0.3) is 0 Å². The molecule has 10 nitrogen and oxygen atoms in total. The zero-order valence-corrected chi connectivity index (χ0v) is 24.6. The molecule has 0 saturated heterocycles. The lowest BCUT2D eigenvalue weighted by Gasteiger charge is -2.14. The third kappa shape index (κ3) is 6.85. The fourth-order valence-corrected chi connectivity index (χ4v) is 5.11. The summed E-state index contributed by atoms with van der Waals surface area (Å²) in [5, 5.41) is 26.5. The maximum absolute atomic E-state index is 12.1. The summed E-state index contributed by atoms with van der Waals surface area (Å²) < 4.78 is 22.9. The molecule has 4 aromatic rings. The topological polar surface area (TPSA) is 140 Å². The van der Waals surface area contributed by atoms with Gasteiger partial charge in [0.2, 0.25) is 5.16 Å². The first kappa shape index (κ1) is 28.8. The van der Waals surface area contributed by atoms with Crippen LogP contribution in [0.15, 0.2) is 64.7 Å². The molecule has 0 aliphatic carbocycles. The third-order valence-electron chi connectivity index (χ3n) is 5.56. The Morgan fingerprint density at radius 3 is 2.48 bits per heavy atom. The molecule has 40 heavy (non-hydrogen) atoms. The Kier molecular flexibility index (Phi) is 9.52. The van der Waals surface area contributed by atoms with Gasteiger partial charge in [0, 0.05) is 17.2 Å². The van der Waals surface area contributed by atoms with Gasteiger partial charge in [-0.15, -0.1) is 5.10 Å². The molecule has 1 aromatic heterocycles. The number of hydrogen-bond donors (Lipinski definition) is 2. The number of carboxylic acid groups (broad SMARTS) is 1. The highest BCUT2D eigenvalue weighted by molar-refractivity contribution is 14.1. The van der Waals surface area contributed by atoms with Crippen molar-refractivity contribution in [3.05, 3.63) is 79.8 Å². The summed E-state index contributed by atoms with van der Waals surface area (Å²) >= 11 is 3.00. The second kappa shape index (κ2) is 13.2. The highest BCUT2D eigenvalue weighted by Crippen LogP contribution is 2.37. The first-order valence-corrected chi connectivity index (χ1v) is 13.5. The number of hydrogen-bond acceptors (Lipinski definition) is 9. The molecule has 0 spiro atoms. The highest BCUT2D eigenvalue weighted by Gasteiger charge is 2.18. The Balaban J connectivity index is 1.57. The van der Waals surface area contributed by atoms with Crippen LogP contribution >= 0.6 is 34.4 Å². The van der Waals surface area contributed by atoms with Crippen molar-refractivity contribution < 1.29 is 28.8 Å². The van der Waals surface area contributed by atoms with Gasteiger partial charge >= 0.3 is 5.97 Å². The van der Waals surface area contributed by atoms with E-state index >= 15 is 0 Å². The average Bonchev–Trinajstić information content (AvgIpc) is 3.44. The van der Waals surface area contributed by atoms with Gasteiger partial charge in [0.1, 0.15) is 23.0 Å². The molecule has 0 fully saturated rings. The summed E-state index contributed by atoms with van der Waals surface area (Å²) in [5.41, 5.74) is 2.53. The molecule has 1 heterocycles. The van der Waals surface area contributed by atoms with E-state index in [2.05, 4.69) is 43.8 Å². The SMILES string of the molecule is COc1cc(OC)cc(-c2nc(S/C(=C\c3cc(I)c(OCc4ccccc4C#N)c(OC)c3)C(=O)O)n[nH]2)c1. The molecule has 0 unspecified atom stereocenters. The minimum absolute atomic E-state index is 0.00300. The fraction of sp³-hybridized carbons (Fsp3) is 0.143. The summed E-state index contributed by atoms with van der Waals surface area (Å²) in [7, 11) is 4.60. The van der Waals surface area contributed by atoms with Crippen molar-refractivity contribution in [2.45, 2.75) is 11.8 Å². The van der Waals surface area contributed by atoms with E-state index in [9.17, 15) is 15.2 Å². The molecule has 0 amide bonds. The van der Waals surface area contributed by atoms with Gasteiger partial charge in [-0.25, -0.2) is 9.78 Å². The Morgan fingerprint density at radius 1 is 1.10 bits per heavy atom. The van der Waals surface area contributed by atoms with E-state index in [1.54, 1.807) is 56.7 Å². The van der Waals surface area contributed by atoms with Gasteiger partial charge in [-0.3, -0.25) is 5.10 Å². The van der Waals surface area contributed by atoms with E-state index < -0.39 is 5.97 Å². The standard InChI is InChI=1S/C28H23IN4O6S/c1-36-20-11-19(12-21(13-20)37-2)26-31-28(33-32-26)40-24(27(34)35)10-16-8-22(29)25(23(9-16)38-3)39-15-18-7-5-4-6-17(18)14-30/h4-13H,15H2,1-3H3,(H,34,35)(H,31,32,33)/b24-10-. The number of carbonyl (C=O) groups is 1. The monoisotopic (exact) mass is 670 g/mol. The zero-order chi connectivity index (χ0) is 28.6.